The van der Waals surface area contributed by atoms with Crippen molar-refractivity contribution < 1.29 is 18.3 Å². The Kier molecular flexibility index (Phi) is 6.17. The fourth-order valence-corrected chi connectivity index (χ4v) is 2.35. The van der Waals surface area contributed by atoms with Crippen LogP contribution < -0.4 is 10.6 Å². The number of amides is 1. The molecule has 0 aliphatic heterocycles. The molecule has 1 aromatic rings. The average molecular weight is 314 g/mol. The number of hydrogen-bond donors (Lipinski definition) is 3. The zero-order valence-corrected chi connectivity index (χ0v) is 13.3. The van der Waals surface area contributed by atoms with Gasteiger partial charge in [0.15, 0.2) is 9.84 Å². The third-order valence-corrected chi connectivity index (χ3v) is 3.91. The van der Waals surface area contributed by atoms with Gasteiger partial charge in [-0.2, -0.15) is 0 Å². The van der Waals surface area contributed by atoms with Crippen LogP contribution in [-0.2, 0) is 14.6 Å². The highest BCUT2D eigenvalue weighted by molar-refractivity contribution is 7.90. The van der Waals surface area contributed by atoms with Crippen molar-refractivity contribution in [3.8, 4) is 5.75 Å². The van der Waals surface area contributed by atoms with Crippen LogP contribution in [0.4, 0.5) is 5.69 Å². The van der Waals surface area contributed by atoms with E-state index in [0.29, 0.717) is 18.9 Å². The van der Waals surface area contributed by atoms with Crippen LogP contribution in [0.2, 0.25) is 0 Å². The molecule has 0 spiro atoms. The summed E-state index contributed by atoms with van der Waals surface area (Å²) < 4.78 is 22.9. The van der Waals surface area contributed by atoms with Gasteiger partial charge in [-0.3, -0.25) is 4.79 Å². The summed E-state index contributed by atoms with van der Waals surface area (Å²) in [7, 11) is -3.38. The summed E-state index contributed by atoms with van der Waals surface area (Å²) >= 11 is 0. The summed E-state index contributed by atoms with van der Waals surface area (Å²) in [5, 5.41) is 15.4. The lowest BCUT2D eigenvalue weighted by molar-refractivity contribution is -0.116. The molecule has 0 unspecified atom stereocenters. The van der Waals surface area contributed by atoms with Gasteiger partial charge < -0.3 is 15.7 Å². The highest BCUT2D eigenvalue weighted by atomic mass is 32.2. The van der Waals surface area contributed by atoms with E-state index in [-0.39, 0.29) is 22.2 Å². The summed E-state index contributed by atoms with van der Waals surface area (Å²) in [6, 6.07) is 4.18. The molecule has 0 saturated heterocycles. The van der Waals surface area contributed by atoms with Crippen LogP contribution in [0.5, 0.6) is 5.75 Å². The van der Waals surface area contributed by atoms with Gasteiger partial charge in [-0.25, -0.2) is 8.42 Å². The highest BCUT2D eigenvalue weighted by Crippen LogP contribution is 2.26. The Bertz CT molecular complexity index is 597. The monoisotopic (exact) mass is 314 g/mol. The molecular weight excluding hydrogens is 292 g/mol. The van der Waals surface area contributed by atoms with E-state index >= 15 is 0 Å². The lowest BCUT2D eigenvalue weighted by Gasteiger charge is -2.10. The third kappa shape index (κ3) is 6.14. The average Bonchev–Trinajstić information content (AvgIpc) is 2.36. The third-order valence-electron chi connectivity index (χ3n) is 2.80. The number of anilines is 1. The minimum atomic E-state index is -3.38. The van der Waals surface area contributed by atoms with E-state index in [2.05, 4.69) is 10.6 Å². The number of nitrogens with one attached hydrogen (secondary N) is 2. The molecule has 6 nitrogen and oxygen atoms in total. The Labute approximate surface area is 125 Å². The van der Waals surface area contributed by atoms with Crippen LogP contribution in [0, 0.1) is 0 Å². The molecule has 7 heteroatoms. The Morgan fingerprint density at radius 2 is 2.00 bits per heavy atom. The van der Waals surface area contributed by atoms with E-state index in [9.17, 15) is 18.3 Å². The molecule has 0 saturated carbocycles. The van der Waals surface area contributed by atoms with Crippen LogP contribution in [0.15, 0.2) is 23.1 Å². The van der Waals surface area contributed by atoms with E-state index in [1.54, 1.807) is 0 Å². The second kappa shape index (κ2) is 7.42. The molecular formula is C14H22N2O4S. The minimum Gasteiger partial charge on any atom is -0.506 e. The number of aromatic hydroxyl groups is 1. The summed E-state index contributed by atoms with van der Waals surface area (Å²) in [4.78, 5) is 11.8. The summed E-state index contributed by atoms with van der Waals surface area (Å²) in [5.41, 5.74) is 0.111. The predicted molar refractivity (Wildman–Crippen MR) is 82.2 cm³/mol. The van der Waals surface area contributed by atoms with Gasteiger partial charge in [0.2, 0.25) is 5.91 Å². The second-order valence-corrected chi connectivity index (χ2v) is 7.23. The SMILES string of the molecule is CC(C)NCCCC(=O)Nc1cc(S(C)(=O)=O)ccc1O. The molecule has 21 heavy (non-hydrogen) atoms. The highest BCUT2D eigenvalue weighted by Gasteiger charge is 2.12. The summed E-state index contributed by atoms with van der Waals surface area (Å²) in [5.74, 6) is -0.419. The van der Waals surface area contributed by atoms with E-state index in [4.69, 9.17) is 0 Å². The molecule has 118 valence electrons. The lowest BCUT2D eigenvalue weighted by atomic mass is 10.2. The van der Waals surface area contributed by atoms with Gasteiger partial charge in [0.25, 0.3) is 0 Å². The molecule has 0 bridgehead atoms. The van der Waals surface area contributed by atoms with Crippen LogP contribution in [0.1, 0.15) is 26.7 Å². The number of hydrogen-bond acceptors (Lipinski definition) is 5. The number of phenols is 1. The number of benzene rings is 1. The van der Waals surface area contributed by atoms with Crippen molar-refractivity contribution in [2.45, 2.75) is 37.6 Å². The molecule has 1 rings (SSSR count). The summed E-state index contributed by atoms with van der Waals surface area (Å²) in [6.07, 6.45) is 2.03. The van der Waals surface area contributed by atoms with Gasteiger partial charge in [0.05, 0.1) is 10.6 Å². The standard InChI is InChI=1S/C14H22N2O4S/c1-10(2)15-8-4-5-14(18)16-12-9-11(21(3,19)20)6-7-13(12)17/h6-7,9-10,15,17H,4-5,8H2,1-3H3,(H,16,18). The Balaban J connectivity index is 2.64. The first kappa shape index (κ1) is 17.5. The number of phenolic OH excluding ortho intramolecular Hbond substituents is 1. The second-order valence-electron chi connectivity index (χ2n) is 5.21. The minimum absolute atomic E-state index is 0.0528. The van der Waals surface area contributed by atoms with Crippen LogP contribution >= 0.6 is 0 Å². The van der Waals surface area contributed by atoms with Crippen molar-refractivity contribution in [2.24, 2.45) is 0 Å². The smallest absolute Gasteiger partial charge is 0.224 e. The Morgan fingerprint density at radius 3 is 2.57 bits per heavy atom. The first-order valence-electron chi connectivity index (χ1n) is 6.76. The predicted octanol–water partition coefficient (Wildman–Crippen LogP) is 1.51. The maximum absolute atomic E-state index is 11.8. The molecule has 0 aliphatic rings. The normalized spacial score (nSPS) is 11.6. The number of carbonyl (C=O) groups excluding carboxylic acids is 1. The van der Waals surface area contributed by atoms with Gasteiger partial charge in [0, 0.05) is 18.7 Å². The zero-order chi connectivity index (χ0) is 16.0. The largest absolute Gasteiger partial charge is 0.506 e. The number of sulfone groups is 1. The number of rotatable bonds is 7. The van der Waals surface area contributed by atoms with Gasteiger partial charge >= 0.3 is 0 Å². The van der Waals surface area contributed by atoms with E-state index in [1.807, 2.05) is 13.8 Å². The maximum atomic E-state index is 11.8. The molecule has 0 heterocycles. The van der Waals surface area contributed by atoms with Crippen molar-refractivity contribution in [3.05, 3.63) is 18.2 Å². The number of carbonyl (C=O) groups is 1. The molecule has 0 aromatic heterocycles. The van der Waals surface area contributed by atoms with Gasteiger partial charge in [-0.15, -0.1) is 0 Å². The maximum Gasteiger partial charge on any atom is 0.224 e. The molecule has 3 N–H and O–H groups in total. The van der Waals surface area contributed by atoms with E-state index in [1.165, 1.54) is 18.2 Å². The van der Waals surface area contributed by atoms with Crippen LogP contribution in [0.25, 0.3) is 0 Å². The Hall–Kier alpha value is -1.60. The first-order valence-corrected chi connectivity index (χ1v) is 8.65. The Morgan fingerprint density at radius 1 is 1.33 bits per heavy atom. The quantitative estimate of drug-likeness (QED) is 0.524. The summed E-state index contributed by atoms with van der Waals surface area (Å²) in [6.45, 7) is 4.77. The van der Waals surface area contributed by atoms with Crippen molar-refractivity contribution in [1.82, 2.24) is 5.32 Å². The van der Waals surface area contributed by atoms with Crippen molar-refractivity contribution >= 4 is 21.4 Å². The molecule has 0 atom stereocenters. The zero-order valence-electron chi connectivity index (χ0n) is 12.5. The van der Waals surface area contributed by atoms with Crippen molar-refractivity contribution in [2.75, 3.05) is 18.1 Å². The molecule has 1 amide bonds. The van der Waals surface area contributed by atoms with Gasteiger partial charge in [-0.1, -0.05) is 13.8 Å². The molecule has 0 fully saturated rings. The topological polar surface area (TPSA) is 95.5 Å². The van der Waals surface area contributed by atoms with Crippen LogP contribution in [0.3, 0.4) is 0 Å². The van der Waals surface area contributed by atoms with Crippen LogP contribution in [-0.4, -0.2) is 38.3 Å². The molecule has 0 aliphatic carbocycles. The van der Waals surface area contributed by atoms with Gasteiger partial charge in [-0.05, 0) is 31.2 Å². The van der Waals surface area contributed by atoms with E-state index in [0.717, 1.165) is 12.8 Å². The van der Waals surface area contributed by atoms with E-state index < -0.39 is 9.84 Å². The van der Waals surface area contributed by atoms with Crippen molar-refractivity contribution in [3.63, 3.8) is 0 Å². The molecule has 1 aromatic carbocycles. The molecule has 0 radical (unpaired) electrons. The van der Waals surface area contributed by atoms with Crippen molar-refractivity contribution in [1.29, 1.82) is 0 Å². The lowest BCUT2D eigenvalue weighted by Crippen LogP contribution is -2.24. The fraction of sp³-hybridized carbons (Fsp3) is 0.500. The van der Waals surface area contributed by atoms with Gasteiger partial charge in [0.1, 0.15) is 5.75 Å². The fourth-order valence-electron chi connectivity index (χ4n) is 1.70. The first-order chi connectivity index (χ1) is 9.70.